The van der Waals surface area contributed by atoms with Gasteiger partial charge in [0, 0.05) is 6.07 Å². The van der Waals surface area contributed by atoms with E-state index in [4.69, 9.17) is 4.74 Å². The van der Waals surface area contributed by atoms with Crippen molar-refractivity contribution in [2.45, 2.75) is 31.5 Å². The van der Waals surface area contributed by atoms with Gasteiger partial charge in [-0.05, 0) is 31.4 Å². The summed E-state index contributed by atoms with van der Waals surface area (Å²) in [6.45, 7) is 0. The molecule has 0 saturated heterocycles. The van der Waals surface area contributed by atoms with Crippen LogP contribution in [0.3, 0.4) is 0 Å². The topological polar surface area (TPSA) is 29.5 Å². The molecule has 2 atom stereocenters. The quantitative estimate of drug-likeness (QED) is 0.818. The van der Waals surface area contributed by atoms with Gasteiger partial charge >= 0.3 is 0 Å². The number of hydrogen-bond acceptors (Lipinski definition) is 2. The van der Waals surface area contributed by atoms with Gasteiger partial charge in [-0.15, -0.1) is 0 Å². The molecule has 1 saturated carbocycles. The minimum Gasteiger partial charge on any atom is -0.485 e. The Morgan fingerprint density at radius 2 is 2.07 bits per heavy atom. The summed E-state index contributed by atoms with van der Waals surface area (Å²) in [6, 6.07) is 3.16. The average Bonchev–Trinajstić information content (AvgIpc) is 2.57. The maximum absolute atomic E-state index is 13.2. The molecule has 0 aliphatic heterocycles. The minimum absolute atomic E-state index is 0.00218. The summed E-state index contributed by atoms with van der Waals surface area (Å²) in [5, 5.41) is 9.47. The molecule has 1 aliphatic carbocycles. The normalized spacial score (nSPS) is 25.5. The van der Waals surface area contributed by atoms with Gasteiger partial charge in [-0.2, -0.15) is 0 Å². The Kier molecular flexibility index (Phi) is 2.86. The first-order chi connectivity index (χ1) is 7.16. The summed E-state index contributed by atoms with van der Waals surface area (Å²) in [5.41, 5.74) is 0. The number of hydrogen-bond donors (Lipinski definition) is 1. The maximum Gasteiger partial charge on any atom is 0.167 e. The van der Waals surface area contributed by atoms with Crippen LogP contribution >= 0.6 is 0 Å². The molecule has 2 nitrogen and oxygen atoms in total. The van der Waals surface area contributed by atoms with E-state index in [0.29, 0.717) is 12.8 Å². The van der Waals surface area contributed by atoms with Crippen LogP contribution < -0.4 is 4.74 Å². The van der Waals surface area contributed by atoms with Gasteiger partial charge in [0.25, 0.3) is 0 Å². The van der Waals surface area contributed by atoms with Crippen LogP contribution in [0.1, 0.15) is 19.3 Å². The fourth-order valence-corrected chi connectivity index (χ4v) is 1.78. The Hall–Kier alpha value is -1.16. The van der Waals surface area contributed by atoms with Crippen LogP contribution in [0.25, 0.3) is 0 Å². The monoisotopic (exact) mass is 214 g/mol. The lowest BCUT2D eigenvalue weighted by atomic mass is 10.2. The van der Waals surface area contributed by atoms with Crippen LogP contribution in [0.2, 0.25) is 0 Å². The molecule has 0 aromatic heterocycles. The molecule has 2 rings (SSSR count). The Morgan fingerprint density at radius 3 is 2.67 bits per heavy atom. The van der Waals surface area contributed by atoms with Gasteiger partial charge in [0.05, 0.1) is 6.10 Å². The molecule has 82 valence electrons. The summed E-state index contributed by atoms with van der Waals surface area (Å²) < 4.78 is 31.1. The van der Waals surface area contributed by atoms with E-state index in [2.05, 4.69) is 0 Å². The summed E-state index contributed by atoms with van der Waals surface area (Å²) in [6.07, 6.45) is 1.33. The first-order valence-electron chi connectivity index (χ1n) is 4.96. The zero-order valence-electron chi connectivity index (χ0n) is 8.12. The lowest BCUT2D eigenvalue weighted by molar-refractivity contribution is 0.0578. The van der Waals surface area contributed by atoms with Crippen molar-refractivity contribution in [3.63, 3.8) is 0 Å². The van der Waals surface area contributed by atoms with Crippen molar-refractivity contribution in [3.05, 3.63) is 29.8 Å². The highest BCUT2D eigenvalue weighted by molar-refractivity contribution is 5.25. The first kappa shape index (κ1) is 10.4. The largest absolute Gasteiger partial charge is 0.485 e. The molecule has 4 heteroatoms. The smallest absolute Gasteiger partial charge is 0.167 e. The third kappa shape index (κ3) is 2.26. The van der Waals surface area contributed by atoms with Crippen molar-refractivity contribution < 1.29 is 18.6 Å². The molecule has 0 spiro atoms. The molecule has 1 aromatic rings. The Balaban J connectivity index is 2.10. The Morgan fingerprint density at radius 1 is 1.27 bits per heavy atom. The van der Waals surface area contributed by atoms with Gasteiger partial charge in [-0.3, -0.25) is 0 Å². The molecule has 1 aromatic carbocycles. The second kappa shape index (κ2) is 4.14. The molecule has 15 heavy (non-hydrogen) atoms. The Bertz CT molecular complexity index is 354. The predicted octanol–water partition coefficient (Wildman–Crippen LogP) is 2.26. The van der Waals surface area contributed by atoms with Crippen LogP contribution in [-0.2, 0) is 0 Å². The minimum atomic E-state index is -0.728. The van der Waals surface area contributed by atoms with E-state index in [9.17, 15) is 13.9 Å². The summed E-state index contributed by atoms with van der Waals surface area (Å²) in [5.74, 6) is -1.36. The summed E-state index contributed by atoms with van der Waals surface area (Å²) in [7, 11) is 0. The summed E-state index contributed by atoms with van der Waals surface area (Å²) >= 11 is 0. The lowest BCUT2D eigenvalue weighted by Crippen LogP contribution is -2.26. The second-order valence-corrected chi connectivity index (χ2v) is 3.73. The van der Waals surface area contributed by atoms with E-state index in [-0.39, 0.29) is 11.9 Å². The van der Waals surface area contributed by atoms with Crippen LogP contribution in [0.4, 0.5) is 8.78 Å². The SMILES string of the molecule is O[C@@H]1CCC[C@H]1Oc1ccc(F)cc1F. The molecule has 1 aliphatic rings. The summed E-state index contributed by atoms with van der Waals surface area (Å²) in [4.78, 5) is 0. The van der Waals surface area contributed by atoms with Crippen LogP contribution in [0.15, 0.2) is 18.2 Å². The van der Waals surface area contributed by atoms with E-state index in [1.54, 1.807) is 0 Å². The number of halogens is 2. The molecule has 1 N–H and O–H groups in total. The van der Waals surface area contributed by atoms with E-state index in [1.165, 1.54) is 6.07 Å². The second-order valence-electron chi connectivity index (χ2n) is 3.73. The van der Waals surface area contributed by atoms with Gasteiger partial charge in [0.2, 0.25) is 0 Å². The van der Waals surface area contributed by atoms with Crippen LogP contribution in [-0.4, -0.2) is 17.3 Å². The molecular formula is C11H12F2O2. The van der Waals surface area contributed by atoms with Crippen molar-refractivity contribution in [2.75, 3.05) is 0 Å². The lowest BCUT2D eigenvalue weighted by Gasteiger charge is -2.17. The van der Waals surface area contributed by atoms with Gasteiger partial charge in [0.15, 0.2) is 11.6 Å². The number of rotatable bonds is 2. The molecule has 0 radical (unpaired) electrons. The van der Waals surface area contributed by atoms with Crippen molar-refractivity contribution in [2.24, 2.45) is 0 Å². The van der Waals surface area contributed by atoms with Gasteiger partial charge < -0.3 is 9.84 Å². The average molecular weight is 214 g/mol. The molecule has 1 fully saturated rings. The third-order valence-corrected chi connectivity index (χ3v) is 2.59. The highest BCUT2D eigenvalue weighted by atomic mass is 19.1. The van der Waals surface area contributed by atoms with E-state index in [1.807, 2.05) is 0 Å². The fraction of sp³-hybridized carbons (Fsp3) is 0.455. The highest BCUT2D eigenvalue weighted by Crippen LogP contribution is 2.26. The standard InChI is InChI=1S/C11H12F2O2/c12-7-4-5-10(8(13)6-7)15-11-3-1-2-9(11)14/h4-6,9,11,14H,1-3H2/t9-,11-/m1/s1. The predicted molar refractivity (Wildman–Crippen MR) is 50.6 cm³/mol. The van der Waals surface area contributed by atoms with Crippen molar-refractivity contribution in [3.8, 4) is 5.75 Å². The maximum atomic E-state index is 13.2. The van der Waals surface area contributed by atoms with Gasteiger partial charge in [-0.25, -0.2) is 8.78 Å². The first-order valence-corrected chi connectivity index (χ1v) is 4.96. The number of aliphatic hydroxyl groups excluding tert-OH is 1. The van der Waals surface area contributed by atoms with Crippen LogP contribution in [0, 0.1) is 11.6 Å². The van der Waals surface area contributed by atoms with E-state index < -0.39 is 17.7 Å². The van der Waals surface area contributed by atoms with Crippen molar-refractivity contribution >= 4 is 0 Å². The Labute approximate surface area is 86.5 Å². The zero-order valence-corrected chi connectivity index (χ0v) is 8.12. The number of benzene rings is 1. The van der Waals surface area contributed by atoms with Gasteiger partial charge in [-0.1, -0.05) is 0 Å². The number of aliphatic hydroxyl groups is 1. The number of ether oxygens (including phenoxy) is 1. The molecular weight excluding hydrogens is 202 g/mol. The van der Waals surface area contributed by atoms with E-state index >= 15 is 0 Å². The van der Waals surface area contributed by atoms with E-state index in [0.717, 1.165) is 18.6 Å². The molecule has 0 heterocycles. The van der Waals surface area contributed by atoms with Crippen molar-refractivity contribution in [1.82, 2.24) is 0 Å². The zero-order chi connectivity index (χ0) is 10.8. The van der Waals surface area contributed by atoms with Crippen LogP contribution in [0.5, 0.6) is 5.75 Å². The van der Waals surface area contributed by atoms with Crippen molar-refractivity contribution in [1.29, 1.82) is 0 Å². The molecule has 0 amide bonds. The fourth-order valence-electron chi connectivity index (χ4n) is 1.78. The molecule has 0 bridgehead atoms. The highest BCUT2D eigenvalue weighted by Gasteiger charge is 2.27. The van der Waals surface area contributed by atoms with Gasteiger partial charge in [0.1, 0.15) is 11.9 Å². The molecule has 0 unspecified atom stereocenters. The third-order valence-electron chi connectivity index (χ3n) is 2.59.